The second-order valence-corrected chi connectivity index (χ2v) is 37.0. The van der Waals surface area contributed by atoms with Crippen molar-refractivity contribution in [3.05, 3.63) is 262 Å². The number of methoxy groups -OCH3 is 1. The third-order valence-corrected chi connectivity index (χ3v) is 23.0. The molecule has 1 atom stereocenters. The van der Waals surface area contributed by atoms with E-state index in [1.165, 1.54) is 22.8 Å². The van der Waals surface area contributed by atoms with Crippen LogP contribution < -0.4 is 21.1 Å². The summed E-state index contributed by atoms with van der Waals surface area (Å²) < 4.78 is 131. The van der Waals surface area contributed by atoms with Gasteiger partial charge in [0.1, 0.15) is 5.75 Å². The molecule has 2 N–H and O–H groups in total. The van der Waals surface area contributed by atoms with Crippen LogP contribution in [0.3, 0.4) is 0 Å². The molecule has 10 aromatic rings. The van der Waals surface area contributed by atoms with E-state index >= 15 is 0 Å². The van der Waals surface area contributed by atoms with Gasteiger partial charge in [-0.3, -0.25) is 19.9 Å². The summed E-state index contributed by atoms with van der Waals surface area (Å²) in [4.78, 5) is 28.8. The van der Waals surface area contributed by atoms with Gasteiger partial charge in [0.2, 0.25) is 0 Å². The van der Waals surface area contributed by atoms with Gasteiger partial charge in [-0.15, -0.1) is 12.6 Å². The van der Waals surface area contributed by atoms with Crippen molar-refractivity contribution >= 4 is 114 Å². The zero-order valence-corrected chi connectivity index (χ0v) is 78.0. The molecule has 0 aliphatic carbocycles. The van der Waals surface area contributed by atoms with Crippen molar-refractivity contribution in [2.24, 2.45) is 0 Å². The molecule has 5 aliphatic rings. The van der Waals surface area contributed by atoms with Gasteiger partial charge in [-0.2, -0.15) is 13.2 Å². The lowest BCUT2D eigenvalue weighted by Crippen LogP contribution is -2.41. The van der Waals surface area contributed by atoms with Gasteiger partial charge in [-0.25, -0.2) is 4.79 Å². The first-order valence-electron chi connectivity index (χ1n) is 40.1. The molecular weight excluding hydrogens is 1760 g/mol. The molecular formula is C91H107B5Cl2F3IN4O17S. The van der Waals surface area contributed by atoms with Crippen LogP contribution in [0.5, 0.6) is 5.75 Å². The average Bonchev–Trinajstić information content (AvgIpc) is 1.65. The van der Waals surface area contributed by atoms with E-state index in [0.717, 1.165) is 85.6 Å². The number of aryl methyl sites for hydroxylation is 1. The molecule has 15 rings (SSSR count). The predicted molar refractivity (Wildman–Crippen MR) is 492 cm³/mol. The molecule has 0 bridgehead atoms. The molecule has 6 aromatic carbocycles. The fraction of sp³-hybridized carbons (Fsp3) is 0.374. The number of alkyl halides is 3. The molecule has 0 spiro atoms. The predicted octanol–water partition coefficient (Wildman–Crippen LogP) is 18.2. The summed E-state index contributed by atoms with van der Waals surface area (Å²) in [6.07, 6.45) is 10.4. The van der Waals surface area contributed by atoms with Gasteiger partial charge < -0.3 is 61.5 Å². The number of carbonyl (C=O) groups excluding carboxylic acids is 1. The Morgan fingerprint density at radius 2 is 0.871 bits per heavy atom. The SMILES string of the molecule is CC1(C)OB(B2OC(C)(C)C(C)(C)O2)OC1(C)C.CC1(C)OB(c2cccc(-c3cccnc3)c2)OC1(C)C.CC1(C)OB(c2cccc(-c3cccnc3)c2)OC1(C)C.COC(=O)C(OC(C)(C)C)c1ccc(C(F)(F)F)cc1-c1ccc2c(c1)CCCO2.Clc1cccc(-c2cccnc2)c1.Ic1cccnc1.O=S(=O)=O.OB(O)c1cccc(Cl)c1. The highest BCUT2D eigenvalue weighted by Gasteiger charge is 2.64. The normalized spacial score (nSPS) is 17.5. The van der Waals surface area contributed by atoms with Crippen molar-refractivity contribution in [2.75, 3.05) is 13.7 Å². The highest BCUT2D eigenvalue weighted by atomic mass is 127. The van der Waals surface area contributed by atoms with E-state index < -0.39 is 61.2 Å². The molecule has 4 aromatic heterocycles. The van der Waals surface area contributed by atoms with Crippen molar-refractivity contribution in [3.8, 4) is 50.3 Å². The van der Waals surface area contributed by atoms with Crippen LogP contribution in [-0.2, 0) is 74.7 Å². The Morgan fingerprint density at radius 1 is 0.484 bits per heavy atom. The van der Waals surface area contributed by atoms with E-state index in [9.17, 15) is 18.0 Å². The molecule has 33 heteroatoms. The van der Waals surface area contributed by atoms with Crippen LogP contribution in [0, 0.1) is 3.57 Å². The van der Waals surface area contributed by atoms with Gasteiger partial charge in [0.15, 0.2) is 6.10 Å². The Labute approximate surface area is 753 Å². The van der Waals surface area contributed by atoms with Gasteiger partial charge in [0.05, 0.1) is 69.7 Å². The Balaban J connectivity index is 0.000000184. The van der Waals surface area contributed by atoms with Crippen molar-refractivity contribution in [3.63, 3.8) is 0 Å². The molecule has 4 fully saturated rings. The van der Waals surface area contributed by atoms with Crippen LogP contribution in [0.1, 0.15) is 161 Å². The van der Waals surface area contributed by atoms with Gasteiger partial charge >= 0.3 is 58.1 Å². The third kappa shape index (κ3) is 28.4. The molecule has 9 heterocycles. The molecule has 5 aliphatic heterocycles. The van der Waals surface area contributed by atoms with E-state index in [1.54, 1.807) is 75.9 Å². The minimum atomic E-state index is -4.52. The first-order valence-corrected chi connectivity index (χ1v) is 42.9. The molecule has 656 valence electrons. The smallest absolute Gasteiger partial charge is 0.493 e. The number of carbonyl (C=O) groups is 1. The summed E-state index contributed by atoms with van der Waals surface area (Å²) in [5.41, 5.74) is 6.95. The number of pyridine rings is 4. The fourth-order valence-corrected chi connectivity index (χ4v) is 13.2. The maximum absolute atomic E-state index is 13.4. The molecule has 124 heavy (non-hydrogen) atoms. The van der Waals surface area contributed by atoms with Gasteiger partial charge in [0, 0.05) is 68.8 Å². The second-order valence-electron chi connectivity index (χ2n) is 34.4. The largest absolute Gasteiger partial charge is 0.494 e. The van der Waals surface area contributed by atoms with Gasteiger partial charge in [-0.05, 0) is 312 Å². The van der Waals surface area contributed by atoms with E-state index in [-0.39, 0.29) is 64.6 Å². The zero-order chi connectivity index (χ0) is 91.6. The number of benzene rings is 6. The molecule has 1 unspecified atom stereocenters. The fourth-order valence-electron chi connectivity index (χ4n) is 12.4. The lowest BCUT2D eigenvalue weighted by Gasteiger charge is -2.32. The number of fused-ring (bicyclic) bond motifs is 1. The number of hydrogen-bond donors (Lipinski definition) is 2. The third-order valence-electron chi connectivity index (χ3n) is 21.9. The lowest BCUT2D eigenvalue weighted by molar-refractivity contribution is -0.164. The van der Waals surface area contributed by atoms with Crippen LogP contribution in [0.15, 0.2) is 232 Å². The van der Waals surface area contributed by atoms with E-state index in [0.29, 0.717) is 28.2 Å². The maximum atomic E-state index is 13.4. The van der Waals surface area contributed by atoms with Crippen molar-refractivity contribution in [2.45, 2.75) is 207 Å². The lowest BCUT2D eigenvalue weighted by atomic mass is 9.49. The van der Waals surface area contributed by atoms with Crippen LogP contribution >= 0.6 is 45.8 Å². The van der Waals surface area contributed by atoms with E-state index in [1.807, 2.05) is 171 Å². The molecule has 0 saturated carbocycles. The minimum Gasteiger partial charge on any atom is -0.493 e. The number of nitrogens with zero attached hydrogens (tertiary/aromatic N) is 4. The highest BCUT2D eigenvalue weighted by molar-refractivity contribution is 14.1. The number of hydrogen-bond acceptors (Lipinski definition) is 21. The van der Waals surface area contributed by atoms with Crippen LogP contribution in [0.2, 0.25) is 10.0 Å². The minimum absolute atomic E-state index is 0.276. The van der Waals surface area contributed by atoms with Gasteiger partial charge in [0.25, 0.3) is 0 Å². The number of halogens is 6. The van der Waals surface area contributed by atoms with Crippen molar-refractivity contribution < 1.29 is 92.1 Å². The zero-order valence-electron chi connectivity index (χ0n) is 73.5. The van der Waals surface area contributed by atoms with Crippen molar-refractivity contribution in [1.82, 2.24) is 19.9 Å². The Hall–Kier alpha value is -8.21. The molecule has 0 radical (unpaired) electrons. The molecule has 0 amide bonds. The summed E-state index contributed by atoms with van der Waals surface area (Å²) in [6.45, 7) is 38.7. The Bertz CT molecular complexity index is 5060. The second kappa shape index (κ2) is 43.1. The summed E-state index contributed by atoms with van der Waals surface area (Å²) in [5.74, 6) is 0.0567. The van der Waals surface area contributed by atoms with E-state index in [2.05, 4.69) is 134 Å². The molecule has 4 saturated heterocycles. The maximum Gasteiger partial charge on any atom is 0.494 e. The van der Waals surface area contributed by atoms with E-state index in [4.69, 9.17) is 97.3 Å². The Kier molecular flexibility index (Phi) is 35.1. The Morgan fingerprint density at radius 3 is 1.22 bits per heavy atom. The standard InChI is InChI=1S/C23H25F3O4.2C17H20BNO2.C12H24B2O4.C11H8ClN.C6H6BClO2.C5H4IN.O3S/c1-22(2,3)30-20(21(27)28-4)17-9-8-16(23(24,25)26)13-18(17)14-7-10-19-15(12-14)6-5-11-29-19;2*1-16(2)17(3,4)21-18(20-16)15-9-5-7-13(11-15)14-8-6-10-19-12-14;1-9(2)10(3,4)16-13(15-9)14-17-11(5,6)12(7,8)18-14;12-11-5-1-3-9(7-11)10-4-2-6-13-8-10;8-6-3-1-2-5(4-6)7(9)10;6-5-2-1-3-7-4-5;1-4(2)3/h7-10,12-13,20H,5-6,11H2,1-4H3;2*5-12H,1-4H3;1-8H3;1-8H;1-4,9-10H;1-4H;. The quantitative estimate of drug-likeness (QED) is 0.0692. The number of aromatic nitrogens is 4. The van der Waals surface area contributed by atoms with Crippen molar-refractivity contribution in [1.29, 1.82) is 0 Å². The molecule has 21 nitrogen and oxygen atoms in total. The highest BCUT2D eigenvalue weighted by Crippen LogP contribution is 2.45. The first-order chi connectivity index (χ1) is 57.8. The van der Waals surface area contributed by atoms with Crippen LogP contribution in [-0.4, -0.2) is 148 Å². The summed E-state index contributed by atoms with van der Waals surface area (Å²) >= 11 is 13.7. The van der Waals surface area contributed by atoms with Crippen LogP contribution in [0.25, 0.3) is 44.5 Å². The number of rotatable bonds is 11. The topological polar surface area (TPSA) is 262 Å². The number of ether oxygens (including phenoxy) is 3. The first kappa shape index (κ1) is 101. The van der Waals surface area contributed by atoms with Crippen LogP contribution in [0.4, 0.5) is 13.2 Å². The summed E-state index contributed by atoms with van der Waals surface area (Å²) in [5, 5.41) is 18.5. The van der Waals surface area contributed by atoms with Gasteiger partial charge in [-0.1, -0.05) is 126 Å². The number of esters is 1. The average molecular weight is 1870 g/mol. The summed E-state index contributed by atoms with van der Waals surface area (Å²) in [6, 6.07) is 55.1. The summed E-state index contributed by atoms with van der Waals surface area (Å²) in [7, 11) is -4.93. The monoisotopic (exact) mass is 1870 g/mol.